The lowest BCUT2D eigenvalue weighted by molar-refractivity contribution is -0.121. The number of anilines is 1. The highest BCUT2D eigenvalue weighted by Gasteiger charge is 2.33. The summed E-state index contributed by atoms with van der Waals surface area (Å²) in [6, 6.07) is 15.3. The number of carbonyl (C=O) groups excluding carboxylic acids is 1. The molecular weight excluding hydrogens is 331 g/mol. The number of hydrogen-bond donors (Lipinski definition) is 1. The van der Waals surface area contributed by atoms with Crippen molar-refractivity contribution in [2.24, 2.45) is 5.92 Å². The highest BCUT2D eigenvalue weighted by Crippen LogP contribution is 2.29. The van der Waals surface area contributed by atoms with Crippen LogP contribution in [0.1, 0.15) is 24.9 Å². The van der Waals surface area contributed by atoms with Crippen molar-refractivity contribution < 1.29 is 13.9 Å². The Hall–Kier alpha value is -2.24. The summed E-state index contributed by atoms with van der Waals surface area (Å²) < 4.78 is 18.7. The number of benzene rings is 2. The molecule has 0 radical (unpaired) electrons. The minimum Gasteiger partial charge on any atom is -0.381 e. The van der Waals surface area contributed by atoms with Gasteiger partial charge >= 0.3 is 0 Å². The summed E-state index contributed by atoms with van der Waals surface area (Å²) in [4.78, 5) is 15.2. The highest BCUT2D eigenvalue weighted by atomic mass is 19.1. The van der Waals surface area contributed by atoms with Crippen LogP contribution in [0.2, 0.25) is 0 Å². The zero-order valence-corrected chi connectivity index (χ0v) is 15.0. The number of halogens is 1. The van der Waals surface area contributed by atoms with Gasteiger partial charge in [-0.2, -0.15) is 0 Å². The Kier molecular flexibility index (Phi) is 6.36. The molecule has 1 heterocycles. The van der Waals surface area contributed by atoms with Crippen molar-refractivity contribution in [2.45, 2.75) is 19.4 Å². The molecule has 2 aromatic carbocycles. The van der Waals surface area contributed by atoms with E-state index >= 15 is 0 Å². The van der Waals surface area contributed by atoms with Gasteiger partial charge in [-0.15, -0.1) is 0 Å². The summed E-state index contributed by atoms with van der Waals surface area (Å²) in [5.41, 5.74) is 1.56. The van der Waals surface area contributed by atoms with Crippen molar-refractivity contribution in [1.29, 1.82) is 0 Å². The predicted octanol–water partition coefficient (Wildman–Crippen LogP) is 3.86. The number of nitrogens with zero attached hydrogens (tertiary/aromatic N) is 1. The summed E-state index contributed by atoms with van der Waals surface area (Å²) in [7, 11) is 0. The van der Waals surface area contributed by atoms with E-state index in [9.17, 15) is 9.18 Å². The Morgan fingerprint density at radius 1 is 1.23 bits per heavy atom. The molecule has 2 aromatic rings. The molecule has 4 nitrogen and oxygen atoms in total. The molecule has 1 fully saturated rings. The van der Waals surface area contributed by atoms with Gasteiger partial charge in [-0.1, -0.05) is 30.3 Å². The van der Waals surface area contributed by atoms with E-state index < -0.39 is 0 Å². The van der Waals surface area contributed by atoms with E-state index in [4.69, 9.17) is 4.74 Å². The van der Waals surface area contributed by atoms with Gasteiger partial charge in [0.15, 0.2) is 0 Å². The van der Waals surface area contributed by atoms with E-state index in [1.807, 2.05) is 37.3 Å². The molecule has 0 aromatic heterocycles. The van der Waals surface area contributed by atoms with Crippen molar-refractivity contribution in [1.82, 2.24) is 4.90 Å². The number of carbonyl (C=O) groups is 1. The second-order valence-electron chi connectivity index (χ2n) is 6.62. The van der Waals surface area contributed by atoms with E-state index in [1.54, 1.807) is 12.1 Å². The highest BCUT2D eigenvalue weighted by molar-refractivity contribution is 5.95. The molecule has 0 spiro atoms. The fraction of sp³-hybridized carbons (Fsp3) is 0.381. The fourth-order valence-corrected chi connectivity index (χ4v) is 3.42. The fourth-order valence-electron chi connectivity index (χ4n) is 3.42. The van der Waals surface area contributed by atoms with Crippen LogP contribution in [0.4, 0.5) is 10.1 Å². The average molecular weight is 356 g/mol. The molecule has 1 saturated heterocycles. The Bertz CT molecular complexity index is 706. The monoisotopic (exact) mass is 356 g/mol. The molecule has 1 aliphatic heterocycles. The van der Waals surface area contributed by atoms with E-state index in [1.165, 1.54) is 12.1 Å². The number of likely N-dealkylation sites (tertiary alicyclic amines) is 1. The minimum atomic E-state index is -0.368. The van der Waals surface area contributed by atoms with Crippen molar-refractivity contribution in [3.63, 3.8) is 0 Å². The van der Waals surface area contributed by atoms with Gasteiger partial charge in [-0.05, 0) is 55.6 Å². The first-order chi connectivity index (χ1) is 12.7. The van der Waals surface area contributed by atoms with Crippen molar-refractivity contribution >= 4 is 11.6 Å². The van der Waals surface area contributed by atoms with E-state index in [2.05, 4.69) is 10.2 Å². The lowest BCUT2D eigenvalue weighted by atomic mass is 10.0. The van der Waals surface area contributed by atoms with Crippen LogP contribution in [0.3, 0.4) is 0 Å². The maximum Gasteiger partial charge on any atom is 0.246 e. The summed E-state index contributed by atoms with van der Waals surface area (Å²) in [5.74, 6) is 0.0283. The van der Waals surface area contributed by atoms with Crippen LogP contribution in [-0.4, -0.2) is 37.1 Å². The molecule has 0 bridgehead atoms. The number of hydrogen-bond acceptors (Lipinski definition) is 3. The molecule has 1 N–H and O–H groups in total. The molecule has 5 heteroatoms. The Morgan fingerprint density at radius 2 is 1.96 bits per heavy atom. The average Bonchev–Trinajstić information content (AvgIpc) is 3.11. The third-order valence-electron chi connectivity index (χ3n) is 4.72. The first kappa shape index (κ1) is 18.5. The molecule has 138 valence electrons. The molecule has 0 aliphatic carbocycles. The predicted molar refractivity (Wildman–Crippen MR) is 100 cm³/mol. The van der Waals surface area contributed by atoms with Gasteiger partial charge in [-0.25, -0.2) is 4.39 Å². The van der Waals surface area contributed by atoms with Crippen molar-refractivity contribution in [2.75, 3.05) is 31.6 Å². The lowest BCUT2D eigenvalue weighted by Crippen LogP contribution is -2.36. The van der Waals surface area contributed by atoms with Crippen LogP contribution >= 0.6 is 0 Å². The second-order valence-corrected chi connectivity index (χ2v) is 6.62. The first-order valence-electron chi connectivity index (χ1n) is 9.10. The Balaban J connectivity index is 1.75. The number of ether oxygens (including phenoxy) is 1. The van der Waals surface area contributed by atoms with Gasteiger partial charge in [-0.3, -0.25) is 9.69 Å². The van der Waals surface area contributed by atoms with Gasteiger partial charge in [0.05, 0.1) is 6.61 Å². The van der Waals surface area contributed by atoms with E-state index in [-0.39, 0.29) is 17.8 Å². The molecule has 26 heavy (non-hydrogen) atoms. The minimum absolute atomic E-state index is 0.0973. The largest absolute Gasteiger partial charge is 0.381 e. The van der Waals surface area contributed by atoms with Crippen LogP contribution in [0.5, 0.6) is 0 Å². The molecule has 3 rings (SSSR count). The maximum atomic E-state index is 13.1. The number of rotatable bonds is 7. The Morgan fingerprint density at radius 3 is 2.65 bits per heavy atom. The summed E-state index contributed by atoms with van der Waals surface area (Å²) in [5, 5.41) is 2.92. The second kappa shape index (κ2) is 8.92. The number of nitrogens with one attached hydrogen (secondary N) is 1. The van der Waals surface area contributed by atoms with Gasteiger partial charge < -0.3 is 10.1 Å². The molecule has 0 unspecified atom stereocenters. The van der Waals surface area contributed by atoms with Gasteiger partial charge in [0.25, 0.3) is 0 Å². The third kappa shape index (κ3) is 4.68. The van der Waals surface area contributed by atoms with Crippen LogP contribution in [0.25, 0.3) is 0 Å². The van der Waals surface area contributed by atoms with Crippen LogP contribution in [0.15, 0.2) is 54.6 Å². The normalized spacial score (nSPS) is 18.6. The van der Waals surface area contributed by atoms with Gasteiger partial charge in [0.1, 0.15) is 11.9 Å². The van der Waals surface area contributed by atoms with Crippen LogP contribution < -0.4 is 5.32 Å². The summed E-state index contributed by atoms with van der Waals surface area (Å²) >= 11 is 0. The smallest absolute Gasteiger partial charge is 0.246 e. The zero-order valence-electron chi connectivity index (χ0n) is 15.0. The molecule has 0 saturated carbocycles. The van der Waals surface area contributed by atoms with Crippen LogP contribution in [-0.2, 0) is 9.53 Å². The van der Waals surface area contributed by atoms with Crippen molar-refractivity contribution in [3.05, 3.63) is 66.0 Å². The third-order valence-corrected chi connectivity index (χ3v) is 4.72. The summed E-state index contributed by atoms with van der Waals surface area (Å²) in [6.07, 6.45) is 1.02. The van der Waals surface area contributed by atoms with E-state index in [0.717, 1.165) is 31.7 Å². The summed E-state index contributed by atoms with van der Waals surface area (Å²) in [6.45, 7) is 5.12. The number of amides is 1. The van der Waals surface area contributed by atoms with E-state index in [0.29, 0.717) is 18.2 Å². The van der Waals surface area contributed by atoms with Crippen LogP contribution in [0, 0.1) is 11.7 Å². The molecule has 2 atom stereocenters. The quantitative estimate of drug-likeness (QED) is 0.819. The topological polar surface area (TPSA) is 41.6 Å². The standard InChI is InChI=1S/C21H25FN2O2/c1-2-26-15-16-12-13-24(14-16)20(17-6-4-3-5-7-17)21(25)23-19-10-8-18(22)9-11-19/h3-11,16,20H,2,12-15H2,1H3,(H,23,25)/t16-,20-/m1/s1. The molecule has 1 aliphatic rings. The zero-order chi connectivity index (χ0) is 18.4. The maximum absolute atomic E-state index is 13.1. The molecular formula is C21H25FN2O2. The SMILES string of the molecule is CCOC[C@@H]1CCN([C@@H](C(=O)Nc2ccc(F)cc2)c2ccccc2)C1. The van der Waals surface area contributed by atoms with Gasteiger partial charge in [0, 0.05) is 18.8 Å². The molecule has 1 amide bonds. The first-order valence-corrected chi connectivity index (χ1v) is 9.10. The van der Waals surface area contributed by atoms with Gasteiger partial charge in [0.2, 0.25) is 5.91 Å². The lowest BCUT2D eigenvalue weighted by Gasteiger charge is -2.27. The van der Waals surface area contributed by atoms with Crippen molar-refractivity contribution in [3.8, 4) is 0 Å². The Labute approximate surface area is 154 Å².